The van der Waals surface area contributed by atoms with E-state index >= 15 is 0 Å². The Morgan fingerprint density at radius 3 is 2.19 bits per heavy atom. The van der Waals surface area contributed by atoms with Crippen molar-refractivity contribution in [2.24, 2.45) is 0 Å². The van der Waals surface area contributed by atoms with Gasteiger partial charge in [-0.3, -0.25) is 5.32 Å². The number of anilines is 3. The van der Waals surface area contributed by atoms with Gasteiger partial charge in [-0.05, 0) is 63.2 Å². The zero-order valence-electron chi connectivity index (χ0n) is 15.1. The van der Waals surface area contributed by atoms with Gasteiger partial charge in [0.25, 0.3) is 0 Å². The third kappa shape index (κ3) is 5.67. The van der Waals surface area contributed by atoms with Gasteiger partial charge in [-0.25, -0.2) is 9.59 Å². The van der Waals surface area contributed by atoms with Crippen molar-refractivity contribution in [1.29, 1.82) is 0 Å². The first-order valence-electron chi connectivity index (χ1n) is 7.93. The first-order chi connectivity index (χ1) is 12.2. The molecule has 0 unspecified atom stereocenters. The highest BCUT2D eigenvalue weighted by molar-refractivity contribution is 6.33. The van der Waals surface area contributed by atoms with Crippen LogP contribution in [0.2, 0.25) is 5.02 Å². The third-order valence-corrected chi connectivity index (χ3v) is 3.53. The molecule has 7 heteroatoms. The Morgan fingerprint density at radius 2 is 1.62 bits per heavy atom. The Morgan fingerprint density at radius 1 is 1.00 bits per heavy atom. The minimum atomic E-state index is -0.563. The molecular formula is C19H21ClN2O4. The van der Waals surface area contributed by atoms with Crippen LogP contribution in [0.4, 0.5) is 21.9 Å². The zero-order valence-corrected chi connectivity index (χ0v) is 15.8. The Kier molecular flexibility index (Phi) is 6.10. The maximum absolute atomic E-state index is 11.8. The van der Waals surface area contributed by atoms with Gasteiger partial charge >= 0.3 is 12.1 Å². The summed E-state index contributed by atoms with van der Waals surface area (Å²) in [4.78, 5) is 23.4. The van der Waals surface area contributed by atoms with Crippen LogP contribution >= 0.6 is 11.6 Å². The molecule has 2 aromatic rings. The number of methoxy groups -OCH3 is 1. The Balaban J connectivity index is 2.08. The van der Waals surface area contributed by atoms with Crippen LogP contribution in [-0.2, 0) is 9.47 Å². The van der Waals surface area contributed by atoms with E-state index in [1.165, 1.54) is 7.11 Å². The van der Waals surface area contributed by atoms with Crippen LogP contribution < -0.4 is 10.6 Å². The summed E-state index contributed by atoms with van der Waals surface area (Å²) in [7, 11) is 1.32. The van der Waals surface area contributed by atoms with Crippen molar-refractivity contribution in [1.82, 2.24) is 0 Å². The van der Waals surface area contributed by atoms with Crippen LogP contribution in [0.3, 0.4) is 0 Å². The van der Waals surface area contributed by atoms with Gasteiger partial charge in [0.2, 0.25) is 0 Å². The van der Waals surface area contributed by atoms with Crippen molar-refractivity contribution < 1.29 is 19.1 Å². The average Bonchev–Trinajstić information content (AvgIpc) is 2.56. The molecule has 0 saturated heterocycles. The largest absolute Gasteiger partial charge is 0.465 e. The van der Waals surface area contributed by atoms with Gasteiger partial charge < -0.3 is 14.8 Å². The van der Waals surface area contributed by atoms with Crippen molar-refractivity contribution in [3.8, 4) is 0 Å². The smallest absolute Gasteiger partial charge is 0.412 e. The second-order valence-corrected chi connectivity index (χ2v) is 6.92. The predicted octanol–water partition coefficient (Wildman–Crippen LogP) is 5.22. The SMILES string of the molecule is COC(=O)c1ccc(Cl)c(Nc2ccc(NC(=O)OC(C)(C)C)cc2)c1. The summed E-state index contributed by atoms with van der Waals surface area (Å²) in [5, 5.41) is 6.25. The van der Waals surface area contributed by atoms with E-state index in [2.05, 4.69) is 10.6 Å². The second kappa shape index (κ2) is 8.10. The normalized spacial score (nSPS) is 10.8. The summed E-state index contributed by atoms with van der Waals surface area (Å²) in [6, 6.07) is 11.8. The molecule has 6 nitrogen and oxygen atoms in total. The highest BCUT2D eigenvalue weighted by atomic mass is 35.5. The van der Waals surface area contributed by atoms with Crippen molar-refractivity contribution in [2.45, 2.75) is 26.4 Å². The molecule has 2 N–H and O–H groups in total. The van der Waals surface area contributed by atoms with Gasteiger partial charge in [0, 0.05) is 11.4 Å². The number of amides is 1. The van der Waals surface area contributed by atoms with Crippen LogP contribution in [0.5, 0.6) is 0 Å². The number of carbonyl (C=O) groups is 2. The van der Waals surface area contributed by atoms with Gasteiger partial charge in [0.15, 0.2) is 0 Å². The van der Waals surface area contributed by atoms with E-state index in [-0.39, 0.29) is 0 Å². The van der Waals surface area contributed by atoms with Crippen molar-refractivity contribution in [3.05, 3.63) is 53.1 Å². The van der Waals surface area contributed by atoms with E-state index < -0.39 is 17.7 Å². The molecule has 0 saturated carbocycles. The molecule has 0 fully saturated rings. The monoisotopic (exact) mass is 376 g/mol. The van der Waals surface area contributed by atoms with E-state index in [0.29, 0.717) is 22.0 Å². The highest BCUT2D eigenvalue weighted by Gasteiger charge is 2.16. The van der Waals surface area contributed by atoms with Crippen LogP contribution in [0.25, 0.3) is 0 Å². The van der Waals surface area contributed by atoms with Crippen molar-refractivity contribution >= 4 is 40.7 Å². The fraction of sp³-hybridized carbons (Fsp3) is 0.263. The molecule has 138 valence electrons. The number of benzene rings is 2. The first kappa shape index (κ1) is 19.6. The molecule has 0 aliphatic heterocycles. The van der Waals surface area contributed by atoms with E-state index in [4.69, 9.17) is 21.1 Å². The zero-order chi connectivity index (χ0) is 19.3. The Bertz CT molecular complexity index is 798. The summed E-state index contributed by atoms with van der Waals surface area (Å²) < 4.78 is 9.91. The molecule has 0 spiro atoms. The van der Waals surface area contributed by atoms with Gasteiger partial charge in [0.05, 0.1) is 23.4 Å². The molecule has 2 rings (SSSR count). The molecule has 0 radical (unpaired) electrons. The Hall–Kier alpha value is -2.73. The van der Waals surface area contributed by atoms with Gasteiger partial charge in [-0.1, -0.05) is 11.6 Å². The number of hydrogen-bond acceptors (Lipinski definition) is 5. The van der Waals surface area contributed by atoms with E-state index in [0.717, 1.165) is 5.69 Å². The van der Waals surface area contributed by atoms with Gasteiger partial charge in [0.1, 0.15) is 5.60 Å². The summed E-state index contributed by atoms with van der Waals surface area (Å²) in [5.74, 6) is -0.443. The number of nitrogens with one attached hydrogen (secondary N) is 2. The number of carbonyl (C=O) groups excluding carboxylic acids is 2. The molecule has 26 heavy (non-hydrogen) atoms. The number of hydrogen-bond donors (Lipinski definition) is 2. The molecule has 1 amide bonds. The predicted molar refractivity (Wildman–Crippen MR) is 102 cm³/mol. The Labute approximate surface area is 157 Å². The lowest BCUT2D eigenvalue weighted by Gasteiger charge is -2.19. The highest BCUT2D eigenvalue weighted by Crippen LogP contribution is 2.27. The number of esters is 1. The lowest BCUT2D eigenvalue weighted by molar-refractivity contribution is 0.0598. The van der Waals surface area contributed by atoms with Crippen LogP contribution in [0, 0.1) is 0 Å². The van der Waals surface area contributed by atoms with Crippen LogP contribution in [0.15, 0.2) is 42.5 Å². The molecule has 0 aromatic heterocycles. The van der Waals surface area contributed by atoms with Crippen LogP contribution in [0.1, 0.15) is 31.1 Å². The fourth-order valence-electron chi connectivity index (χ4n) is 2.08. The van der Waals surface area contributed by atoms with Crippen molar-refractivity contribution in [3.63, 3.8) is 0 Å². The quantitative estimate of drug-likeness (QED) is 0.715. The first-order valence-corrected chi connectivity index (χ1v) is 8.31. The lowest BCUT2D eigenvalue weighted by Crippen LogP contribution is -2.27. The van der Waals surface area contributed by atoms with Gasteiger partial charge in [-0.2, -0.15) is 0 Å². The number of halogens is 1. The fourth-order valence-corrected chi connectivity index (χ4v) is 2.24. The minimum Gasteiger partial charge on any atom is -0.465 e. The van der Waals surface area contributed by atoms with Gasteiger partial charge in [-0.15, -0.1) is 0 Å². The maximum Gasteiger partial charge on any atom is 0.412 e. The molecule has 0 bridgehead atoms. The molecular weight excluding hydrogens is 356 g/mol. The van der Waals surface area contributed by atoms with Crippen LogP contribution in [-0.4, -0.2) is 24.8 Å². The molecule has 0 aliphatic rings. The molecule has 0 heterocycles. The average molecular weight is 377 g/mol. The van der Waals surface area contributed by atoms with Crippen molar-refractivity contribution in [2.75, 3.05) is 17.7 Å². The summed E-state index contributed by atoms with van der Waals surface area (Å²) in [5.41, 5.74) is 1.74. The lowest BCUT2D eigenvalue weighted by atomic mass is 10.2. The van der Waals surface area contributed by atoms with E-state index in [1.807, 2.05) is 0 Å². The standard InChI is InChI=1S/C19H21ClN2O4/c1-19(2,3)26-18(24)22-14-8-6-13(7-9-14)21-16-11-12(17(23)25-4)5-10-15(16)20/h5-11,21H,1-4H3,(H,22,24). The second-order valence-electron chi connectivity index (χ2n) is 6.52. The molecule has 0 aliphatic carbocycles. The topological polar surface area (TPSA) is 76.7 Å². The summed E-state index contributed by atoms with van der Waals surface area (Å²) in [6.07, 6.45) is -0.521. The minimum absolute atomic E-state index is 0.391. The number of ether oxygens (including phenoxy) is 2. The van der Waals surface area contributed by atoms with E-state index in [1.54, 1.807) is 63.2 Å². The summed E-state index contributed by atoms with van der Waals surface area (Å²) >= 11 is 6.17. The molecule has 2 aromatic carbocycles. The summed E-state index contributed by atoms with van der Waals surface area (Å²) in [6.45, 7) is 5.39. The van der Waals surface area contributed by atoms with E-state index in [9.17, 15) is 9.59 Å². The third-order valence-electron chi connectivity index (χ3n) is 3.20. The number of rotatable bonds is 4. The molecule has 0 atom stereocenters. The maximum atomic E-state index is 11.8.